The maximum atomic E-state index is 11.8. The summed E-state index contributed by atoms with van der Waals surface area (Å²) in [4.78, 5) is 18.5. The largest absolute Gasteiger partial charge is 0.453 e. The van der Waals surface area contributed by atoms with Crippen molar-refractivity contribution < 1.29 is 9.53 Å². The number of hydrogen-bond acceptors (Lipinski definition) is 4. The molecule has 5 nitrogen and oxygen atoms in total. The third-order valence-corrected chi connectivity index (χ3v) is 9.24. The Morgan fingerprint density at radius 2 is 1.18 bits per heavy atom. The number of piperazine rings is 1. The van der Waals surface area contributed by atoms with Crippen LogP contribution in [0.4, 0.5) is 16.2 Å². The summed E-state index contributed by atoms with van der Waals surface area (Å²) in [6, 6.07) is 27.4. The molecule has 5 heteroatoms. The number of piperidine rings is 1. The van der Waals surface area contributed by atoms with Gasteiger partial charge >= 0.3 is 6.09 Å². The smallest absolute Gasteiger partial charge is 0.409 e. The minimum absolute atomic E-state index is 0.0398. The number of nitrogens with zero attached hydrogens (tertiary/aromatic N) is 3. The molecule has 0 radical (unpaired) electrons. The molecule has 1 aliphatic carbocycles. The quantitative estimate of drug-likeness (QED) is 0.417. The van der Waals surface area contributed by atoms with Crippen LogP contribution in [0.3, 0.4) is 0 Å². The second kappa shape index (κ2) is 10.0. The molecule has 0 bridgehead atoms. The van der Waals surface area contributed by atoms with Crippen LogP contribution in [0.5, 0.6) is 0 Å². The van der Waals surface area contributed by atoms with Gasteiger partial charge in [-0.05, 0) is 65.3 Å². The second-order valence-corrected chi connectivity index (χ2v) is 11.6. The number of amides is 1. The Morgan fingerprint density at radius 3 is 1.68 bits per heavy atom. The van der Waals surface area contributed by atoms with Gasteiger partial charge in [0.2, 0.25) is 0 Å². The molecule has 3 aromatic carbocycles. The first kappa shape index (κ1) is 24.8. The minimum Gasteiger partial charge on any atom is -0.453 e. The number of hydrogen-bond donors (Lipinski definition) is 0. The Bertz CT molecular complexity index is 1240. The number of carbonyl (C=O) groups is 1. The van der Waals surface area contributed by atoms with E-state index in [-0.39, 0.29) is 11.5 Å². The highest BCUT2D eigenvalue weighted by Crippen LogP contribution is 2.51. The van der Waals surface area contributed by atoms with Gasteiger partial charge in [0.25, 0.3) is 0 Å². The predicted octanol–water partition coefficient (Wildman–Crippen LogP) is 6.26. The highest BCUT2D eigenvalue weighted by atomic mass is 16.5. The molecule has 3 aliphatic rings. The van der Waals surface area contributed by atoms with Gasteiger partial charge in [0.05, 0.1) is 7.11 Å². The summed E-state index contributed by atoms with van der Waals surface area (Å²) in [6.45, 7) is 10.0. The Labute approximate surface area is 227 Å². The number of methoxy groups -OCH3 is 1. The number of rotatable bonds is 3. The Morgan fingerprint density at radius 1 is 0.711 bits per heavy atom. The van der Waals surface area contributed by atoms with Gasteiger partial charge < -0.3 is 19.4 Å². The van der Waals surface area contributed by atoms with Crippen molar-refractivity contribution in [2.75, 3.05) is 56.2 Å². The summed E-state index contributed by atoms with van der Waals surface area (Å²) in [7, 11) is 1.45. The first-order chi connectivity index (χ1) is 18.5. The first-order valence-electron chi connectivity index (χ1n) is 14.1. The van der Waals surface area contributed by atoms with Crippen molar-refractivity contribution in [1.29, 1.82) is 0 Å². The summed E-state index contributed by atoms with van der Waals surface area (Å²) in [6.07, 6.45) is 2.17. The molecule has 0 saturated carbocycles. The summed E-state index contributed by atoms with van der Waals surface area (Å²) in [5.41, 5.74) is 8.64. The van der Waals surface area contributed by atoms with E-state index in [9.17, 15) is 4.79 Å². The zero-order chi connectivity index (χ0) is 26.3. The van der Waals surface area contributed by atoms with Crippen molar-refractivity contribution in [3.05, 3.63) is 95.1 Å². The average molecular weight is 510 g/mol. The number of carbonyl (C=O) groups excluding carboxylic acids is 1. The molecule has 38 heavy (non-hydrogen) atoms. The molecule has 6 rings (SSSR count). The zero-order valence-electron chi connectivity index (χ0n) is 22.9. The van der Waals surface area contributed by atoms with Crippen LogP contribution in [-0.4, -0.2) is 57.4 Å². The molecule has 0 unspecified atom stereocenters. The van der Waals surface area contributed by atoms with E-state index in [1.54, 1.807) is 4.90 Å². The van der Waals surface area contributed by atoms with E-state index in [1.165, 1.54) is 53.6 Å². The van der Waals surface area contributed by atoms with Gasteiger partial charge in [-0.1, -0.05) is 62.4 Å². The first-order valence-corrected chi connectivity index (χ1v) is 14.1. The van der Waals surface area contributed by atoms with Crippen LogP contribution < -0.4 is 9.80 Å². The lowest BCUT2D eigenvalue weighted by molar-refractivity contribution is 0.121. The normalized spacial score (nSPS) is 19.6. The van der Waals surface area contributed by atoms with E-state index in [1.807, 2.05) is 0 Å². The lowest BCUT2D eigenvalue weighted by atomic mass is 9.61. The van der Waals surface area contributed by atoms with E-state index in [0.717, 1.165) is 26.2 Å². The third kappa shape index (κ3) is 4.32. The van der Waals surface area contributed by atoms with E-state index in [2.05, 4.69) is 96.4 Å². The van der Waals surface area contributed by atoms with Gasteiger partial charge in [-0.3, -0.25) is 0 Å². The van der Waals surface area contributed by atoms with Crippen molar-refractivity contribution in [2.45, 2.75) is 38.0 Å². The van der Waals surface area contributed by atoms with Crippen molar-refractivity contribution >= 4 is 17.5 Å². The van der Waals surface area contributed by atoms with E-state index in [4.69, 9.17) is 4.74 Å². The van der Waals surface area contributed by atoms with Crippen molar-refractivity contribution in [1.82, 2.24) is 4.90 Å². The standard InChI is InChI=1S/C33H39N3O2/c1-33(2)29-10-6-4-8-27(29)31(28-9-5-7-11-30(28)33)24-16-18-34(19-17-24)25-12-14-26(15-13-25)35-20-22-36(23-21-35)32(37)38-3/h4-15,24,31H,16-23H2,1-3H3. The molecular weight excluding hydrogens is 470 g/mol. The Hall–Kier alpha value is -3.47. The maximum absolute atomic E-state index is 11.8. The Balaban J connectivity index is 1.14. The van der Waals surface area contributed by atoms with Gasteiger partial charge in [-0.15, -0.1) is 0 Å². The lowest BCUT2D eigenvalue weighted by Gasteiger charge is -2.44. The predicted molar refractivity (Wildman–Crippen MR) is 154 cm³/mol. The monoisotopic (exact) mass is 509 g/mol. The molecule has 198 valence electrons. The SMILES string of the molecule is COC(=O)N1CCN(c2ccc(N3CCC(C4c5ccccc5C(C)(C)c5ccccc54)CC3)cc2)CC1. The van der Waals surface area contributed by atoms with Crippen LogP contribution >= 0.6 is 0 Å². The molecule has 2 heterocycles. The fourth-order valence-corrected chi connectivity index (χ4v) is 7.14. The van der Waals surface area contributed by atoms with Crippen molar-refractivity contribution in [3.63, 3.8) is 0 Å². The molecule has 2 aliphatic heterocycles. The highest BCUT2D eigenvalue weighted by Gasteiger charge is 2.40. The van der Waals surface area contributed by atoms with Crippen molar-refractivity contribution in [3.8, 4) is 0 Å². The average Bonchev–Trinajstić information content (AvgIpc) is 2.97. The van der Waals surface area contributed by atoms with E-state index >= 15 is 0 Å². The van der Waals surface area contributed by atoms with Crippen LogP contribution in [0.15, 0.2) is 72.8 Å². The fraction of sp³-hybridized carbons (Fsp3) is 0.424. The van der Waals surface area contributed by atoms with Gasteiger partial charge in [0.1, 0.15) is 0 Å². The Kier molecular flexibility index (Phi) is 6.55. The summed E-state index contributed by atoms with van der Waals surface area (Å²) in [5, 5.41) is 0. The highest BCUT2D eigenvalue weighted by molar-refractivity contribution is 5.68. The molecule has 0 atom stereocenters. The molecule has 0 N–H and O–H groups in total. The summed E-state index contributed by atoms with van der Waals surface area (Å²) in [5.74, 6) is 1.12. The number of fused-ring (bicyclic) bond motifs is 2. The van der Waals surface area contributed by atoms with Crippen LogP contribution in [0, 0.1) is 5.92 Å². The van der Waals surface area contributed by atoms with E-state index < -0.39 is 0 Å². The number of anilines is 2. The molecule has 1 amide bonds. The lowest BCUT2D eigenvalue weighted by Crippen LogP contribution is -2.48. The van der Waals surface area contributed by atoms with Gasteiger partial charge in [0.15, 0.2) is 0 Å². The fourth-order valence-electron chi connectivity index (χ4n) is 7.14. The molecule has 2 fully saturated rings. The molecule has 0 aromatic heterocycles. The van der Waals surface area contributed by atoms with Gasteiger partial charge in [0, 0.05) is 62.0 Å². The van der Waals surface area contributed by atoms with Crippen LogP contribution in [0.1, 0.15) is 54.9 Å². The zero-order valence-corrected chi connectivity index (χ0v) is 22.9. The molecule has 0 spiro atoms. The summed E-state index contributed by atoms with van der Waals surface area (Å²) >= 11 is 0. The van der Waals surface area contributed by atoms with Gasteiger partial charge in [-0.2, -0.15) is 0 Å². The van der Waals surface area contributed by atoms with Gasteiger partial charge in [-0.25, -0.2) is 4.79 Å². The van der Waals surface area contributed by atoms with Crippen molar-refractivity contribution in [2.24, 2.45) is 5.92 Å². The third-order valence-electron chi connectivity index (χ3n) is 9.24. The topological polar surface area (TPSA) is 36.0 Å². The summed E-state index contributed by atoms with van der Waals surface area (Å²) < 4.78 is 4.87. The number of ether oxygens (including phenoxy) is 1. The molecule has 2 saturated heterocycles. The minimum atomic E-state index is -0.229. The van der Waals surface area contributed by atoms with Crippen LogP contribution in [0.2, 0.25) is 0 Å². The molecule has 3 aromatic rings. The van der Waals surface area contributed by atoms with E-state index in [0.29, 0.717) is 24.9 Å². The number of benzene rings is 3. The molecular formula is C33H39N3O2. The van der Waals surface area contributed by atoms with Crippen LogP contribution in [0.25, 0.3) is 0 Å². The second-order valence-electron chi connectivity index (χ2n) is 11.6. The maximum Gasteiger partial charge on any atom is 0.409 e. The van der Waals surface area contributed by atoms with Crippen LogP contribution in [-0.2, 0) is 10.2 Å².